The summed E-state index contributed by atoms with van der Waals surface area (Å²) in [7, 11) is 0. The van der Waals surface area contributed by atoms with E-state index in [2.05, 4.69) is 5.32 Å². The molecule has 1 fully saturated rings. The standard InChI is InChI=1S/C9H14F2N2O2/c1-5(2)8-9(15)13(3-6(10)11)4-7(14)12-8/h5-6,8H,3-4H2,1-2H3,(H,12,14). The summed E-state index contributed by atoms with van der Waals surface area (Å²) in [6.07, 6.45) is -2.60. The molecule has 6 heteroatoms. The van der Waals surface area contributed by atoms with Crippen LogP contribution in [0.2, 0.25) is 0 Å². The highest BCUT2D eigenvalue weighted by molar-refractivity contribution is 5.94. The van der Waals surface area contributed by atoms with Gasteiger partial charge in [-0.05, 0) is 5.92 Å². The van der Waals surface area contributed by atoms with Crippen LogP contribution in [0.15, 0.2) is 0 Å². The summed E-state index contributed by atoms with van der Waals surface area (Å²) in [6, 6.07) is -0.676. The van der Waals surface area contributed by atoms with Crippen LogP contribution in [0.3, 0.4) is 0 Å². The van der Waals surface area contributed by atoms with Crippen molar-refractivity contribution in [3.63, 3.8) is 0 Å². The number of halogens is 2. The molecule has 0 spiro atoms. The van der Waals surface area contributed by atoms with E-state index < -0.39 is 24.9 Å². The van der Waals surface area contributed by atoms with E-state index in [9.17, 15) is 18.4 Å². The summed E-state index contributed by atoms with van der Waals surface area (Å²) in [4.78, 5) is 23.7. The normalized spacial score (nSPS) is 22.5. The summed E-state index contributed by atoms with van der Waals surface area (Å²) < 4.78 is 24.2. The molecule has 1 aliphatic rings. The summed E-state index contributed by atoms with van der Waals surface area (Å²) in [5.74, 6) is -0.902. The zero-order valence-electron chi connectivity index (χ0n) is 8.67. The molecule has 4 nitrogen and oxygen atoms in total. The Kier molecular flexibility index (Phi) is 3.60. The van der Waals surface area contributed by atoms with Crippen molar-refractivity contribution >= 4 is 11.8 Å². The molecular formula is C9H14F2N2O2. The molecule has 86 valence electrons. The van der Waals surface area contributed by atoms with E-state index in [4.69, 9.17) is 0 Å². The van der Waals surface area contributed by atoms with E-state index in [0.29, 0.717) is 0 Å². The van der Waals surface area contributed by atoms with Crippen LogP contribution in [0.4, 0.5) is 8.78 Å². The molecule has 2 amide bonds. The van der Waals surface area contributed by atoms with Crippen molar-refractivity contribution in [2.45, 2.75) is 26.3 Å². The highest BCUT2D eigenvalue weighted by Gasteiger charge is 2.35. The summed E-state index contributed by atoms with van der Waals surface area (Å²) >= 11 is 0. The second kappa shape index (κ2) is 4.55. The fraction of sp³-hybridized carbons (Fsp3) is 0.778. The maximum atomic E-state index is 12.1. The van der Waals surface area contributed by atoms with E-state index in [1.807, 2.05) is 0 Å². The lowest BCUT2D eigenvalue weighted by molar-refractivity contribution is -0.147. The van der Waals surface area contributed by atoms with Crippen LogP contribution >= 0.6 is 0 Å². The second-order valence-corrected chi connectivity index (χ2v) is 3.90. The molecule has 1 atom stereocenters. The van der Waals surface area contributed by atoms with E-state index in [0.717, 1.165) is 4.90 Å². The summed E-state index contributed by atoms with van der Waals surface area (Å²) in [6.45, 7) is 2.57. The van der Waals surface area contributed by atoms with Gasteiger partial charge in [0.2, 0.25) is 11.8 Å². The third-order valence-electron chi connectivity index (χ3n) is 2.25. The van der Waals surface area contributed by atoms with Crippen LogP contribution in [0.1, 0.15) is 13.8 Å². The largest absolute Gasteiger partial charge is 0.343 e. The van der Waals surface area contributed by atoms with Gasteiger partial charge < -0.3 is 10.2 Å². The number of piperazine rings is 1. The Morgan fingerprint density at radius 1 is 1.47 bits per heavy atom. The van der Waals surface area contributed by atoms with Crippen molar-refractivity contribution in [3.8, 4) is 0 Å². The summed E-state index contributed by atoms with van der Waals surface area (Å²) in [5, 5.41) is 2.49. The van der Waals surface area contributed by atoms with Gasteiger partial charge in [-0.25, -0.2) is 8.78 Å². The van der Waals surface area contributed by atoms with Crippen molar-refractivity contribution in [2.75, 3.05) is 13.1 Å². The molecule has 15 heavy (non-hydrogen) atoms. The number of nitrogens with one attached hydrogen (secondary N) is 1. The van der Waals surface area contributed by atoms with Gasteiger partial charge in [-0.15, -0.1) is 0 Å². The molecule has 0 aliphatic carbocycles. The molecule has 1 N–H and O–H groups in total. The predicted octanol–water partition coefficient (Wildman–Crippen LogP) is 0.234. The molecule has 0 aromatic carbocycles. The van der Waals surface area contributed by atoms with Gasteiger partial charge >= 0.3 is 0 Å². The molecule has 1 rings (SSSR count). The van der Waals surface area contributed by atoms with Gasteiger partial charge in [0.05, 0.1) is 13.1 Å². The van der Waals surface area contributed by atoms with Crippen LogP contribution in [-0.2, 0) is 9.59 Å². The first-order valence-electron chi connectivity index (χ1n) is 4.78. The Hall–Kier alpha value is -1.20. The first-order valence-corrected chi connectivity index (χ1v) is 4.78. The van der Waals surface area contributed by atoms with Gasteiger partial charge in [-0.2, -0.15) is 0 Å². The second-order valence-electron chi connectivity index (χ2n) is 3.90. The number of rotatable bonds is 3. The lowest BCUT2D eigenvalue weighted by Crippen LogP contribution is -2.60. The third-order valence-corrected chi connectivity index (χ3v) is 2.25. The molecule has 0 radical (unpaired) electrons. The van der Waals surface area contributed by atoms with Gasteiger partial charge in [0.15, 0.2) is 0 Å². The fourth-order valence-corrected chi connectivity index (χ4v) is 1.50. The minimum Gasteiger partial charge on any atom is -0.343 e. The van der Waals surface area contributed by atoms with E-state index in [1.54, 1.807) is 13.8 Å². The fourth-order valence-electron chi connectivity index (χ4n) is 1.50. The monoisotopic (exact) mass is 220 g/mol. The van der Waals surface area contributed by atoms with Crippen molar-refractivity contribution in [3.05, 3.63) is 0 Å². The number of alkyl halides is 2. The first-order chi connectivity index (χ1) is 6.91. The van der Waals surface area contributed by atoms with Crippen LogP contribution < -0.4 is 5.32 Å². The minimum absolute atomic E-state index is 0.0954. The molecule has 1 saturated heterocycles. The number of carbonyl (C=O) groups excluding carboxylic acids is 2. The van der Waals surface area contributed by atoms with Gasteiger partial charge in [0, 0.05) is 0 Å². The number of nitrogens with zero attached hydrogens (tertiary/aromatic N) is 1. The topological polar surface area (TPSA) is 49.4 Å². The van der Waals surface area contributed by atoms with Gasteiger partial charge in [0.25, 0.3) is 6.43 Å². The molecule has 1 unspecified atom stereocenters. The maximum Gasteiger partial charge on any atom is 0.255 e. The van der Waals surface area contributed by atoms with Crippen molar-refractivity contribution < 1.29 is 18.4 Å². The van der Waals surface area contributed by atoms with Crippen LogP contribution in [0.25, 0.3) is 0 Å². The quantitative estimate of drug-likeness (QED) is 0.740. The highest BCUT2D eigenvalue weighted by atomic mass is 19.3. The Morgan fingerprint density at radius 3 is 2.53 bits per heavy atom. The van der Waals surface area contributed by atoms with Crippen LogP contribution in [0.5, 0.6) is 0 Å². The molecule has 1 heterocycles. The molecule has 0 aromatic heterocycles. The average Bonchev–Trinajstić information content (AvgIpc) is 2.09. The average molecular weight is 220 g/mol. The van der Waals surface area contributed by atoms with E-state index in [1.165, 1.54) is 0 Å². The Labute approximate surface area is 86.6 Å². The predicted molar refractivity (Wildman–Crippen MR) is 49.4 cm³/mol. The molecular weight excluding hydrogens is 206 g/mol. The smallest absolute Gasteiger partial charge is 0.255 e. The number of amides is 2. The van der Waals surface area contributed by atoms with Crippen LogP contribution in [0, 0.1) is 5.92 Å². The zero-order chi connectivity index (χ0) is 11.6. The molecule has 1 aliphatic heterocycles. The van der Waals surface area contributed by atoms with Gasteiger partial charge in [-0.1, -0.05) is 13.8 Å². The Morgan fingerprint density at radius 2 is 2.07 bits per heavy atom. The third kappa shape index (κ3) is 2.87. The molecule has 0 aromatic rings. The van der Waals surface area contributed by atoms with E-state index >= 15 is 0 Å². The lowest BCUT2D eigenvalue weighted by Gasteiger charge is -2.34. The lowest BCUT2D eigenvalue weighted by atomic mass is 10.0. The number of carbonyl (C=O) groups is 2. The zero-order valence-corrected chi connectivity index (χ0v) is 8.67. The van der Waals surface area contributed by atoms with Gasteiger partial charge in [0.1, 0.15) is 6.04 Å². The Balaban J connectivity index is 2.72. The number of hydrogen-bond acceptors (Lipinski definition) is 2. The molecule has 0 saturated carbocycles. The van der Waals surface area contributed by atoms with E-state index in [-0.39, 0.29) is 18.4 Å². The molecule has 0 bridgehead atoms. The SMILES string of the molecule is CC(C)C1NC(=O)CN(CC(F)F)C1=O. The summed E-state index contributed by atoms with van der Waals surface area (Å²) in [5.41, 5.74) is 0. The van der Waals surface area contributed by atoms with Crippen LogP contribution in [-0.4, -0.2) is 42.3 Å². The van der Waals surface area contributed by atoms with Crippen molar-refractivity contribution in [1.29, 1.82) is 0 Å². The van der Waals surface area contributed by atoms with Gasteiger partial charge in [-0.3, -0.25) is 9.59 Å². The maximum absolute atomic E-state index is 12.1. The highest BCUT2D eigenvalue weighted by Crippen LogP contribution is 2.11. The Bertz CT molecular complexity index is 269. The first kappa shape index (κ1) is 11.9. The van der Waals surface area contributed by atoms with Crippen molar-refractivity contribution in [2.24, 2.45) is 5.92 Å². The van der Waals surface area contributed by atoms with Crippen molar-refractivity contribution in [1.82, 2.24) is 10.2 Å². The minimum atomic E-state index is -2.60. The number of hydrogen-bond donors (Lipinski definition) is 1.